The first-order valence-electron chi connectivity index (χ1n) is 5.98. The van der Waals surface area contributed by atoms with Gasteiger partial charge in [-0.3, -0.25) is 0 Å². The van der Waals surface area contributed by atoms with Crippen LogP contribution in [0, 0.1) is 5.41 Å². The first-order valence-corrected chi connectivity index (χ1v) is 5.98. The van der Waals surface area contributed by atoms with Crippen molar-refractivity contribution in [1.29, 1.82) is 0 Å². The summed E-state index contributed by atoms with van der Waals surface area (Å²) in [6.45, 7) is 0. The van der Waals surface area contributed by atoms with Crippen LogP contribution in [0.1, 0.15) is 57.8 Å². The number of rotatable bonds is 0. The lowest BCUT2D eigenvalue weighted by Crippen LogP contribution is -2.34. The molecule has 2 heteroatoms. The fraction of sp³-hybridized carbons (Fsp3) is 1.00. The molecule has 0 nitrogen and oxygen atoms in total. The van der Waals surface area contributed by atoms with Gasteiger partial charge in [0.2, 0.25) is 0 Å². The minimum absolute atomic E-state index is 0.0353. The molecule has 1 spiro atoms. The lowest BCUT2D eigenvalue weighted by atomic mass is 9.68. The molecule has 0 N–H and O–H groups in total. The number of hydrogen-bond acceptors (Lipinski definition) is 0. The van der Waals surface area contributed by atoms with Crippen molar-refractivity contribution < 1.29 is 8.78 Å². The molecule has 0 radical (unpaired) electrons. The fourth-order valence-corrected chi connectivity index (χ4v) is 3.35. The zero-order valence-corrected chi connectivity index (χ0v) is 8.77. The third-order valence-electron chi connectivity index (χ3n) is 3.98. The lowest BCUT2D eigenvalue weighted by molar-refractivity contribution is 0.0354. The Morgan fingerprint density at radius 1 is 0.786 bits per heavy atom. The van der Waals surface area contributed by atoms with Gasteiger partial charge in [0, 0.05) is 6.42 Å². The Balaban J connectivity index is 2.03. The summed E-state index contributed by atoms with van der Waals surface area (Å²) in [5.74, 6) is 0. The van der Waals surface area contributed by atoms with E-state index in [-0.39, 0.29) is 11.8 Å². The average molecular weight is 202 g/mol. The van der Waals surface area contributed by atoms with Crippen LogP contribution < -0.4 is 0 Å². The highest BCUT2D eigenvalue weighted by Crippen LogP contribution is 2.47. The number of alkyl halides is 2. The molecule has 2 fully saturated rings. The lowest BCUT2D eigenvalue weighted by Gasteiger charge is -2.39. The second-order valence-corrected chi connectivity index (χ2v) is 5.25. The summed E-state index contributed by atoms with van der Waals surface area (Å²) in [6, 6.07) is 0. The van der Waals surface area contributed by atoms with E-state index in [1.54, 1.807) is 0 Å². The molecule has 0 aromatic heterocycles. The van der Waals surface area contributed by atoms with Gasteiger partial charge in [0.15, 0.2) is 0 Å². The van der Waals surface area contributed by atoms with E-state index in [1.165, 1.54) is 25.7 Å². The Morgan fingerprint density at radius 3 is 1.79 bits per heavy atom. The van der Waals surface area contributed by atoms with Gasteiger partial charge in [-0.05, 0) is 31.1 Å². The minimum Gasteiger partial charge on any atom is -0.247 e. The molecule has 82 valence electrons. The van der Waals surface area contributed by atoms with E-state index in [9.17, 15) is 8.78 Å². The third-order valence-corrected chi connectivity index (χ3v) is 3.98. The quantitative estimate of drug-likeness (QED) is 0.552. The van der Waals surface area contributed by atoms with Crippen molar-refractivity contribution in [1.82, 2.24) is 0 Å². The SMILES string of the molecule is FC1CC(F)CC2(CCCCCC2)C1. The molecular formula is C12H20F2. The van der Waals surface area contributed by atoms with Crippen molar-refractivity contribution in [3.05, 3.63) is 0 Å². The van der Waals surface area contributed by atoms with Gasteiger partial charge in [-0.25, -0.2) is 8.78 Å². The Kier molecular flexibility index (Phi) is 3.08. The van der Waals surface area contributed by atoms with Crippen LogP contribution in [-0.2, 0) is 0 Å². The molecular weight excluding hydrogens is 182 g/mol. The van der Waals surface area contributed by atoms with Crippen LogP contribution in [0.2, 0.25) is 0 Å². The van der Waals surface area contributed by atoms with Crippen molar-refractivity contribution >= 4 is 0 Å². The van der Waals surface area contributed by atoms with Crippen LogP contribution in [-0.4, -0.2) is 12.3 Å². The second kappa shape index (κ2) is 4.16. The summed E-state index contributed by atoms with van der Waals surface area (Å²) in [5.41, 5.74) is 0.0353. The Bertz CT molecular complexity index is 171. The molecule has 2 rings (SSSR count). The van der Waals surface area contributed by atoms with E-state index in [1.807, 2.05) is 0 Å². The van der Waals surface area contributed by atoms with Crippen LogP contribution in [0.25, 0.3) is 0 Å². The normalized spacial score (nSPS) is 38.1. The predicted octanol–water partition coefficient (Wildman–Crippen LogP) is 4.19. The Labute approximate surface area is 85.1 Å². The van der Waals surface area contributed by atoms with Crippen molar-refractivity contribution in [2.24, 2.45) is 5.41 Å². The molecule has 0 aliphatic heterocycles. The molecule has 2 saturated carbocycles. The molecule has 0 aromatic carbocycles. The van der Waals surface area contributed by atoms with Crippen molar-refractivity contribution in [3.63, 3.8) is 0 Å². The molecule has 0 saturated heterocycles. The topological polar surface area (TPSA) is 0 Å². The van der Waals surface area contributed by atoms with Crippen LogP contribution in [0.3, 0.4) is 0 Å². The highest BCUT2D eigenvalue weighted by molar-refractivity contribution is 4.91. The van der Waals surface area contributed by atoms with E-state index in [0.717, 1.165) is 12.8 Å². The maximum atomic E-state index is 13.4. The summed E-state index contributed by atoms with van der Waals surface area (Å²) in [7, 11) is 0. The van der Waals surface area contributed by atoms with Crippen molar-refractivity contribution in [2.75, 3.05) is 0 Å². The van der Waals surface area contributed by atoms with E-state index in [4.69, 9.17) is 0 Å². The van der Waals surface area contributed by atoms with Gasteiger partial charge in [-0.1, -0.05) is 25.7 Å². The highest BCUT2D eigenvalue weighted by Gasteiger charge is 2.40. The third kappa shape index (κ3) is 2.26. The molecule has 2 atom stereocenters. The summed E-state index contributed by atoms with van der Waals surface area (Å²) in [4.78, 5) is 0. The first kappa shape index (κ1) is 10.4. The molecule has 14 heavy (non-hydrogen) atoms. The van der Waals surface area contributed by atoms with Crippen LogP contribution in [0.4, 0.5) is 8.78 Å². The summed E-state index contributed by atoms with van der Waals surface area (Å²) in [5, 5.41) is 0. The zero-order valence-electron chi connectivity index (χ0n) is 8.77. The monoisotopic (exact) mass is 202 g/mol. The molecule has 2 aliphatic rings. The zero-order chi connectivity index (χ0) is 10.0. The fourth-order valence-electron chi connectivity index (χ4n) is 3.35. The maximum absolute atomic E-state index is 13.4. The molecule has 2 aliphatic carbocycles. The maximum Gasteiger partial charge on any atom is 0.103 e. The molecule has 0 heterocycles. The summed E-state index contributed by atoms with van der Waals surface area (Å²) < 4.78 is 26.7. The van der Waals surface area contributed by atoms with Crippen LogP contribution >= 0.6 is 0 Å². The minimum atomic E-state index is -0.878. The standard InChI is InChI=1S/C12H20F2/c13-10-7-11(14)9-12(8-10)5-3-1-2-4-6-12/h10-11H,1-9H2. The van der Waals surface area contributed by atoms with Crippen LogP contribution in [0.15, 0.2) is 0 Å². The van der Waals surface area contributed by atoms with Gasteiger partial charge in [0.1, 0.15) is 12.3 Å². The van der Waals surface area contributed by atoms with Gasteiger partial charge in [0.05, 0.1) is 0 Å². The predicted molar refractivity (Wildman–Crippen MR) is 53.8 cm³/mol. The average Bonchev–Trinajstić information content (AvgIpc) is 2.28. The molecule has 0 bridgehead atoms. The van der Waals surface area contributed by atoms with E-state index < -0.39 is 12.3 Å². The molecule has 2 unspecified atom stereocenters. The van der Waals surface area contributed by atoms with E-state index in [0.29, 0.717) is 12.8 Å². The van der Waals surface area contributed by atoms with Gasteiger partial charge in [-0.2, -0.15) is 0 Å². The van der Waals surface area contributed by atoms with Gasteiger partial charge in [-0.15, -0.1) is 0 Å². The Morgan fingerprint density at radius 2 is 1.29 bits per heavy atom. The van der Waals surface area contributed by atoms with Crippen molar-refractivity contribution in [2.45, 2.75) is 70.1 Å². The van der Waals surface area contributed by atoms with Gasteiger partial charge in [0.25, 0.3) is 0 Å². The highest BCUT2D eigenvalue weighted by atomic mass is 19.1. The summed E-state index contributed by atoms with van der Waals surface area (Å²) in [6.07, 6.45) is 6.67. The second-order valence-electron chi connectivity index (χ2n) is 5.25. The summed E-state index contributed by atoms with van der Waals surface area (Å²) >= 11 is 0. The smallest absolute Gasteiger partial charge is 0.103 e. The largest absolute Gasteiger partial charge is 0.247 e. The number of halogens is 2. The molecule has 0 aromatic rings. The Hall–Kier alpha value is -0.140. The van der Waals surface area contributed by atoms with Gasteiger partial charge < -0.3 is 0 Å². The van der Waals surface area contributed by atoms with Crippen LogP contribution in [0.5, 0.6) is 0 Å². The number of hydrogen-bond donors (Lipinski definition) is 0. The van der Waals surface area contributed by atoms with E-state index in [2.05, 4.69) is 0 Å². The van der Waals surface area contributed by atoms with E-state index >= 15 is 0 Å². The first-order chi connectivity index (χ1) is 6.70. The van der Waals surface area contributed by atoms with Gasteiger partial charge >= 0.3 is 0 Å². The van der Waals surface area contributed by atoms with Crippen molar-refractivity contribution in [3.8, 4) is 0 Å². The molecule has 0 amide bonds.